The summed E-state index contributed by atoms with van der Waals surface area (Å²) in [5, 5.41) is 6.73. The van der Waals surface area contributed by atoms with Crippen LogP contribution in [0.25, 0.3) is 11.0 Å². The van der Waals surface area contributed by atoms with Crippen LogP contribution in [0.3, 0.4) is 0 Å². The second kappa shape index (κ2) is 9.83. The number of carbonyl (C=O) groups excluding carboxylic acids is 2. The number of hydrogen-bond acceptors (Lipinski definition) is 4. The maximum Gasteiger partial charge on any atom is 0.258 e. The van der Waals surface area contributed by atoms with Gasteiger partial charge in [0.1, 0.15) is 17.1 Å². The fourth-order valence-corrected chi connectivity index (χ4v) is 3.33. The summed E-state index contributed by atoms with van der Waals surface area (Å²) in [6.45, 7) is 2.12. The fraction of sp³-hybridized carbons (Fsp3) is 0.154. The van der Waals surface area contributed by atoms with Gasteiger partial charge in [0.2, 0.25) is 0 Å². The van der Waals surface area contributed by atoms with Gasteiger partial charge in [0, 0.05) is 17.5 Å². The number of rotatable bonds is 8. The topological polar surface area (TPSA) is 80.6 Å². The predicted molar refractivity (Wildman–Crippen MR) is 122 cm³/mol. The van der Waals surface area contributed by atoms with Crippen molar-refractivity contribution in [3.63, 3.8) is 0 Å². The second-order valence-electron chi connectivity index (χ2n) is 7.46. The third kappa shape index (κ3) is 5.35. The quantitative estimate of drug-likeness (QED) is 0.429. The fourth-order valence-electron chi connectivity index (χ4n) is 3.33. The number of nitrogens with one attached hydrogen (secondary N) is 2. The molecule has 0 saturated carbocycles. The van der Waals surface area contributed by atoms with Crippen molar-refractivity contribution in [2.24, 2.45) is 0 Å². The molecular weight excluding hydrogens is 404 g/mol. The molecule has 0 aliphatic carbocycles. The average Bonchev–Trinajstić information content (AvgIpc) is 3.27. The molecule has 4 rings (SSSR count). The van der Waals surface area contributed by atoms with E-state index in [9.17, 15) is 9.59 Å². The van der Waals surface area contributed by atoms with Crippen LogP contribution in [-0.2, 0) is 11.3 Å². The molecule has 162 valence electrons. The van der Waals surface area contributed by atoms with Crippen molar-refractivity contribution < 1.29 is 18.7 Å². The summed E-state index contributed by atoms with van der Waals surface area (Å²) < 4.78 is 11.4. The highest BCUT2D eigenvalue weighted by Crippen LogP contribution is 2.23. The molecule has 0 spiro atoms. The predicted octanol–water partition coefficient (Wildman–Crippen LogP) is 4.62. The molecule has 3 aromatic carbocycles. The summed E-state index contributed by atoms with van der Waals surface area (Å²) in [6, 6.07) is 25.8. The van der Waals surface area contributed by atoms with E-state index in [0.29, 0.717) is 23.6 Å². The molecule has 0 saturated heterocycles. The van der Waals surface area contributed by atoms with E-state index in [1.807, 2.05) is 67.6 Å². The number of carbonyl (C=O) groups is 2. The van der Waals surface area contributed by atoms with Crippen molar-refractivity contribution in [1.82, 2.24) is 10.6 Å². The maximum atomic E-state index is 12.4. The van der Waals surface area contributed by atoms with Gasteiger partial charge < -0.3 is 19.8 Å². The van der Waals surface area contributed by atoms with Crippen LogP contribution < -0.4 is 15.4 Å². The number of ether oxygens (including phenoxy) is 1. The molecule has 32 heavy (non-hydrogen) atoms. The number of para-hydroxylation sites is 1. The zero-order valence-electron chi connectivity index (χ0n) is 17.7. The Balaban J connectivity index is 1.29. The Kier molecular flexibility index (Phi) is 6.51. The molecule has 0 radical (unpaired) electrons. The van der Waals surface area contributed by atoms with Crippen molar-refractivity contribution in [3.8, 4) is 5.75 Å². The van der Waals surface area contributed by atoms with E-state index < -0.39 is 0 Å². The standard InChI is InChI=1S/C26H24N2O4/c1-18(24-15-20-10-5-6-13-23(20)32-24)28-25(29)17-31-22-12-7-11-21(14-22)26(30)27-16-19-8-3-2-4-9-19/h2-15,18H,16-17H2,1H3,(H,27,30)(H,28,29)/t18-/m1/s1. The Morgan fingerprint density at radius 3 is 2.53 bits per heavy atom. The minimum Gasteiger partial charge on any atom is -0.484 e. The number of fused-ring (bicyclic) bond motifs is 1. The van der Waals surface area contributed by atoms with Gasteiger partial charge in [-0.3, -0.25) is 9.59 Å². The molecular formula is C26H24N2O4. The van der Waals surface area contributed by atoms with Crippen LogP contribution in [0, 0.1) is 0 Å². The van der Waals surface area contributed by atoms with E-state index in [-0.39, 0.29) is 24.5 Å². The van der Waals surface area contributed by atoms with E-state index in [1.165, 1.54) is 0 Å². The van der Waals surface area contributed by atoms with Gasteiger partial charge in [0.15, 0.2) is 6.61 Å². The molecule has 0 aliphatic rings. The molecule has 0 unspecified atom stereocenters. The van der Waals surface area contributed by atoms with Crippen LogP contribution in [0.5, 0.6) is 5.75 Å². The second-order valence-corrected chi connectivity index (χ2v) is 7.46. The van der Waals surface area contributed by atoms with Crippen LogP contribution in [-0.4, -0.2) is 18.4 Å². The lowest BCUT2D eigenvalue weighted by atomic mass is 10.2. The molecule has 1 heterocycles. The van der Waals surface area contributed by atoms with Crippen LogP contribution in [0.4, 0.5) is 0 Å². The third-order valence-electron chi connectivity index (χ3n) is 5.01. The number of furan rings is 1. The lowest BCUT2D eigenvalue weighted by Crippen LogP contribution is -2.31. The average molecular weight is 428 g/mol. The van der Waals surface area contributed by atoms with Gasteiger partial charge in [-0.25, -0.2) is 0 Å². The molecule has 2 N–H and O–H groups in total. The highest BCUT2D eigenvalue weighted by Gasteiger charge is 2.15. The van der Waals surface area contributed by atoms with Crippen LogP contribution >= 0.6 is 0 Å². The largest absolute Gasteiger partial charge is 0.484 e. The smallest absolute Gasteiger partial charge is 0.258 e. The Hall–Kier alpha value is -4.06. The Labute approximate surface area is 186 Å². The minimum atomic E-state index is -0.298. The van der Waals surface area contributed by atoms with Crippen molar-refractivity contribution >= 4 is 22.8 Å². The molecule has 0 aliphatic heterocycles. The Bertz CT molecular complexity index is 1180. The van der Waals surface area contributed by atoms with E-state index in [4.69, 9.17) is 9.15 Å². The van der Waals surface area contributed by atoms with Gasteiger partial charge in [-0.05, 0) is 42.8 Å². The van der Waals surface area contributed by atoms with Crippen molar-refractivity contribution in [1.29, 1.82) is 0 Å². The minimum absolute atomic E-state index is 0.167. The SMILES string of the molecule is C[C@@H](NC(=O)COc1cccc(C(=O)NCc2ccccc2)c1)c1cc2ccccc2o1. The highest BCUT2D eigenvalue weighted by molar-refractivity contribution is 5.94. The van der Waals surface area contributed by atoms with E-state index in [2.05, 4.69) is 10.6 Å². The third-order valence-corrected chi connectivity index (χ3v) is 5.01. The Morgan fingerprint density at radius 2 is 1.72 bits per heavy atom. The normalized spacial score (nSPS) is 11.7. The zero-order chi connectivity index (χ0) is 22.3. The maximum absolute atomic E-state index is 12.4. The molecule has 6 heteroatoms. The summed E-state index contributed by atoms with van der Waals surface area (Å²) >= 11 is 0. The van der Waals surface area contributed by atoms with Crippen LogP contribution in [0.2, 0.25) is 0 Å². The van der Waals surface area contributed by atoms with E-state index >= 15 is 0 Å². The number of benzene rings is 3. The Morgan fingerprint density at radius 1 is 0.938 bits per heavy atom. The first-order chi connectivity index (χ1) is 15.6. The van der Waals surface area contributed by atoms with Crippen molar-refractivity contribution in [2.75, 3.05) is 6.61 Å². The lowest BCUT2D eigenvalue weighted by molar-refractivity contribution is -0.123. The molecule has 6 nitrogen and oxygen atoms in total. The van der Waals surface area contributed by atoms with Crippen molar-refractivity contribution in [2.45, 2.75) is 19.5 Å². The van der Waals surface area contributed by atoms with E-state index in [1.54, 1.807) is 24.3 Å². The molecule has 0 bridgehead atoms. The van der Waals surface area contributed by atoms with Gasteiger partial charge in [-0.2, -0.15) is 0 Å². The number of hydrogen-bond donors (Lipinski definition) is 2. The van der Waals surface area contributed by atoms with E-state index in [0.717, 1.165) is 16.5 Å². The first-order valence-corrected chi connectivity index (χ1v) is 10.4. The van der Waals surface area contributed by atoms with Gasteiger partial charge in [-0.15, -0.1) is 0 Å². The first kappa shape index (κ1) is 21.2. The molecule has 1 aromatic heterocycles. The molecule has 4 aromatic rings. The molecule has 1 atom stereocenters. The number of amides is 2. The van der Waals surface area contributed by atoms with Crippen LogP contribution in [0.15, 0.2) is 89.3 Å². The summed E-state index contributed by atoms with van der Waals surface area (Å²) in [6.07, 6.45) is 0. The lowest BCUT2D eigenvalue weighted by Gasteiger charge is -2.12. The van der Waals surface area contributed by atoms with Gasteiger partial charge >= 0.3 is 0 Å². The van der Waals surface area contributed by atoms with Crippen LogP contribution in [0.1, 0.15) is 34.6 Å². The summed E-state index contributed by atoms with van der Waals surface area (Å²) in [5.41, 5.74) is 2.26. The first-order valence-electron chi connectivity index (χ1n) is 10.4. The summed E-state index contributed by atoms with van der Waals surface area (Å²) in [4.78, 5) is 24.8. The zero-order valence-corrected chi connectivity index (χ0v) is 17.7. The summed E-state index contributed by atoms with van der Waals surface area (Å²) in [5.74, 6) is 0.639. The van der Waals surface area contributed by atoms with Gasteiger partial charge in [0.25, 0.3) is 11.8 Å². The monoisotopic (exact) mass is 428 g/mol. The van der Waals surface area contributed by atoms with Crippen molar-refractivity contribution in [3.05, 3.63) is 102 Å². The van der Waals surface area contributed by atoms with Gasteiger partial charge in [-0.1, -0.05) is 54.6 Å². The molecule has 0 fully saturated rings. The summed E-state index contributed by atoms with van der Waals surface area (Å²) in [7, 11) is 0. The molecule has 2 amide bonds. The van der Waals surface area contributed by atoms with Gasteiger partial charge in [0.05, 0.1) is 6.04 Å². The highest BCUT2D eigenvalue weighted by atomic mass is 16.5.